The lowest BCUT2D eigenvalue weighted by Gasteiger charge is -2.13. The number of amides is 1. The average molecular weight is 425 g/mol. The lowest BCUT2D eigenvalue weighted by Crippen LogP contribution is -2.16. The normalized spacial score (nSPS) is 10.7. The van der Waals surface area contributed by atoms with Crippen molar-refractivity contribution >= 4 is 22.6 Å². The molecule has 3 aromatic rings. The molecule has 0 atom stereocenters. The van der Waals surface area contributed by atoms with Crippen molar-refractivity contribution in [2.75, 3.05) is 25.6 Å². The first-order chi connectivity index (χ1) is 15.0. The van der Waals surface area contributed by atoms with Gasteiger partial charge >= 0.3 is 5.63 Å². The van der Waals surface area contributed by atoms with E-state index in [0.29, 0.717) is 47.3 Å². The Balaban J connectivity index is 1.73. The number of nitrogens with one attached hydrogen (secondary N) is 1. The Morgan fingerprint density at radius 3 is 2.48 bits per heavy atom. The number of anilines is 1. The van der Waals surface area contributed by atoms with Crippen LogP contribution in [-0.4, -0.2) is 26.2 Å². The highest BCUT2D eigenvalue weighted by molar-refractivity contribution is 5.91. The van der Waals surface area contributed by atoms with E-state index in [1.54, 1.807) is 31.4 Å². The predicted octanol–water partition coefficient (Wildman–Crippen LogP) is 4.48. The molecule has 0 unspecified atom stereocenters. The van der Waals surface area contributed by atoms with E-state index in [1.165, 1.54) is 0 Å². The van der Waals surface area contributed by atoms with E-state index in [2.05, 4.69) is 5.32 Å². The first-order valence-electron chi connectivity index (χ1n) is 10.3. The molecule has 31 heavy (non-hydrogen) atoms. The molecule has 1 heterocycles. The smallest absolute Gasteiger partial charge is 0.339 e. The maximum absolute atomic E-state index is 12.5. The molecule has 164 valence electrons. The van der Waals surface area contributed by atoms with E-state index in [-0.39, 0.29) is 18.7 Å². The molecular formula is C24H27NO6. The molecule has 0 fully saturated rings. The van der Waals surface area contributed by atoms with Gasteiger partial charge in [-0.15, -0.1) is 0 Å². The number of benzene rings is 2. The van der Waals surface area contributed by atoms with Crippen molar-refractivity contribution in [3.8, 4) is 17.2 Å². The highest BCUT2D eigenvalue weighted by atomic mass is 16.5. The molecule has 0 bridgehead atoms. The molecule has 0 saturated heterocycles. The van der Waals surface area contributed by atoms with E-state index in [0.717, 1.165) is 10.9 Å². The molecule has 0 radical (unpaired) electrons. The van der Waals surface area contributed by atoms with E-state index in [1.807, 2.05) is 32.9 Å². The second-order valence-electron chi connectivity index (χ2n) is 6.93. The summed E-state index contributed by atoms with van der Waals surface area (Å²) in [6, 6.07) is 10.6. The molecular weight excluding hydrogens is 398 g/mol. The maximum Gasteiger partial charge on any atom is 0.339 e. The van der Waals surface area contributed by atoms with Crippen LogP contribution in [0.3, 0.4) is 0 Å². The van der Waals surface area contributed by atoms with Gasteiger partial charge in [0.1, 0.15) is 11.3 Å². The summed E-state index contributed by atoms with van der Waals surface area (Å²) in [7, 11) is 1.56. The minimum atomic E-state index is -0.439. The van der Waals surface area contributed by atoms with Gasteiger partial charge in [0.2, 0.25) is 5.91 Å². The Bertz CT molecular complexity index is 1130. The van der Waals surface area contributed by atoms with Gasteiger partial charge in [-0.2, -0.15) is 0 Å². The van der Waals surface area contributed by atoms with Gasteiger partial charge in [-0.05, 0) is 57.0 Å². The van der Waals surface area contributed by atoms with Crippen LogP contribution in [0.4, 0.5) is 5.69 Å². The van der Waals surface area contributed by atoms with Crippen molar-refractivity contribution in [3.63, 3.8) is 0 Å². The van der Waals surface area contributed by atoms with Gasteiger partial charge in [0.05, 0.1) is 20.3 Å². The summed E-state index contributed by atoms with van der Waals surface area (Å²) in [4.78, 5) is 25.0. The van der Waals surface area contributed by atoms with Crippen molar-refractivity contribution in [2.24, 2.45) is 0 Å². The Hall–Kier alpha value is -3.48. The number of methoxy groups -OCH3 is 1. The van der Waals surface area contributed by atoms with Crippen molar-refractivity contribution < 1.29 is 23.4 Å². The van der Waals surface area contributed by atoms with Crippen LogP contribution >= 0.6 is 0 Å². The second kappa shape index (κ2) is 10.0. The Morgan fingerprint density at radius 1 is 1.03 bits per heavy atom. The zero-order chi connectivity index (χ0) is 22.4. The van der Waals surface area contributed by atoms with E-state index < -0.39 is 5.63 Å². The fraction of sp³-hybridized carbons (Fsp3) is 0.333. The number of hydrogen-bond acceptors (Lipinski definition) is 6. The lowest BCUT2D eigenvalue weighted by atomic mass is 10.0. The van der Waals surface area contributed by atoms with Gasteiger partial charge in [0, 0.05) is 35.2 Å². The summed E-state index contributed by atoms with van der Waals surface area (Å²) in [6.45, 7) is 6.65. The number of ether oxygens (including phenoxy) is 3. The first-order valence-corrected chi connectivity index (χ1v) is 10.3. The molecule has 1 N–H and O–H groups in total. The predicted molar refractivity (Wildman–Crippen MR) is 120 cm³/mol. The Kier molecular flexibility index (Phi) is 7.18. The summed E-state index contributed by atoms with van der Waals surface area (Å²) in [5.41, 5.74) is 1.93. The topological polar surface area (TPSA) is 87.0 Å². The van der Waals surface area contributed by atoms with Gasteiger partial charge in [0.15, 0.2) is 11.5 Å². The number of carbonyl (C=O) groups excluding carboxylic acids is 1. The summed E-state index contributed by atoms with van der Waals surface area (Å²) < 4.78 is 21.8. The monoisotopic (exact) mass is 425 g/mol. The van der Waals surface area contributed by atoms with Crippen LogP contribution in [-0.2, 0) is 11.2 Å². The first kappa shape index (κ1) is 22.2. The van der Waals surface area contributed by atoms with Crippen LogP contribution in [0.5, 0.6) is 17.2 Å². The molecule has 0 aliphatic rings. The van der Waals surface area contributed by atoms with Crippen LogP contribution in [0.25, 0.3) is 11.0 Å². The molecule has 3 rings (SSSR count). The van der Waals surface area contributed by atoms with Crippen molar-refractivity contribution in [1.29, 1.82) is 0 Å². The SMILES string of the molecule is CCOc1ccc(NC(=O)CCc2c(C)c3ccc(OC)cc3oc2=O)cc1OCC. The van der Waals surface area contributed by atoms with Gasteiger partial charge in [-0.1, -0.05) is 0 Å². The van der Waals surface area contributed by atoms with Gasteiger partial charge in [0.25, 0.3) is 0 Å². The molecule has 0 aliphatic heterocycles. The molecule has 0 aliphatic carbocycles. The number of aryl methyl sites for hydroxylation is 1. The number of carbonyl (C=O) groups is 1. The number of rotatable bonds is 9. The highest BCUT2D eigenvalue weighted by Gasteiger charge is 2.14. The van der Waals surface area contributed by atoms with Crippen LogP contribution in [0.15, 0.2) is 45.6 Å². The fourth-order valence-corrected chi connectivity index (χ4v) is 3.38. The van der Waals surface area contributed by atoms with Crippen LogP contribution in [0, 0.1) is 6.92 Å². The van der Waals surface area contributed by atoms with Crippen molar-refractivity contribution in [1.82, 2.24) is 0 Å². The average Bonchev–Trinajstić information content (AvgIpc) is 2.75. The molecule has 0 saturated carbocycles. The minimum absolute atomic E-state index is 0.143. The molecule has 7 nitrogen and oxygen atoms in total. The van der Waals surface area contributed by atoms with E-state index in [9.17, 15) is 9.59 Å². The quantitative estimate of drug-likeness (QED) is 0.509. The molecule has 1 aromatic heterocycles. The third-order valence-electron chi connectivity index (χ3n) is 4.92. The van der Waals surface area contributed by atoms with Crippen molar-refractivity contribution in [2.45, 2.75) is 33.6 Å². The largest absolute Gasteiger partial charge is 0.497 e. The van der Waals surface area contributed by atoms with E-state index >= 15 is 0 Å². The summed E-state index contributed by atoms with van der Waals surface area (Å²) >= 11 is 0. The van der Waals surface area contributed by atoms with Crippen LogP contribution in [0.2, 0.25) is 0 Å². The van der Waals surface area contributed by atoms with Gasteiger partial charge in [-0.25, -0.2) is 4.79 Å². The van der Waals surface area contributed by atoms with Crippen LogP contribution in [0.1, 0.15) is 31.4 Å². The maximum atomic E-state index is 12.5. The standard InChI is InChI=1S/C24H27NO6/c1-5-29-20-11-7-16(13-22(20)30-6-2)25-23(26)12-10-19-15(3)18-9-8-17(28-4)14-21(18)31-24(19)27/h7-9,11,13-14H,5-6,10,12H2,1-4H3,(H,25,26). The van der Waals surface area contributed by atoms with Gasteiger partial charge in [-0.3, -0.25) is 4.79 Å². The van der Waals surface area contributed by atoms with Gasteiger partial charge < -0.3 is 23.9 Å². The molecule has 0 spiro atoms. The minimum Gasteiger partial charge on any atom is -0.497 e. The number of hydrogen-bond donors (Lipinski definition) is 1. The van der Waals surface area contributed by atoms with Crippen molar-refractivity contribution in [3.05, 3.63) is 57.9 Å². The summed E-state index contributed by atoms with van der Waals surface area (Å²) in [5.74, 6) is 1.61. The molecule has 1 amide bonds. The second-order valence-corrected chi connectivity index (χ2v) is 6.93. The van der Waals surface area contributed by atoms with Crippen LogP contribution < -0.4 is 25.2 Å². The third-order valence-corrected chi connectivity index (χ3v) is 4.92. The Labute approximate surface area is 180 Å². The lowest BCUT2D eigenvalue weighted by molar-refractivity contribution is -0.116. The zero-order valence-electron chi connectivity index (χ0n) is 18.2. The fourth-order valence-electron chi connectivity index (χ4n) is 3.38. The zero-order valence-corrected chi connectivity index (χ0v) is 18.2. The number of fused-ring (bicyclic) bond motifs is 1. The Morgan fingerprint density at radius 2 is 1.77 bits per heavy atom. The molecule has 7 heteroatoms. The van der Waals surface area contributed by atoms with E-state index in [4.69, 9.17) is 18.6 Å². The molecule has 2 aromatic carbocycles. The summed E-state index contributed by atoms with van der Waals surface area (Å²) in [5, 5.41) is 3.67. The highest BCUT2D eigenvalue weighted by Crippen LogP contribution is 2.31. The summed E-state index contributed by atoms with van der Waals surface area (Å²) in [6.07, 6.45) is 0.418. The third kappa shape index (κ3) is 5.17.